The van der Waals surface area contributed by atoms with Crippen molar-refractivity contribution in [1.82, 2.24) is 5.32 Å². The maximum atomic E-state index is 12.0. The van der Waals surface area contributed by atoms with Crippen molar-refractivity contribution in [1.29, 1.82) is 0 Å². The van der Waals surface area contributed by atoms with E-state index in [2.05, 4.69) is 33.0 Å². The van der Waals surface area contributed by atoms with Gasteiger partial charge in [-0.15, -0.1) is 11.3 Å². The van der Waals surface area contributed by atoms with E-state index in [1.807, 2.05) is 6.92 Å². The first-order valence-electron chi connectivity index (χ1n) is 6.32. The van der Waals surface area contributed by atoms with Crippen molar-refractivity contribution in [3.63, 3.8) is 0 Å². The molecule has 1 aliphatic carbocycles. The van der Waals surface area contributed by atoms with Crippen molar-refractivity contribution in [2.24, 2.45) is 16.7 Å². The highest BCUT2D eigenvalue weighted by molar-refractivity contribution is 7.14. The molecule has 2 rings (SSSR count). The van der Waals surface area contributed by atoms with E-state index in [-0.39, 0.29) is 5.91 Å². The van der Waals surface area contributed by atoms with Crippen molar-refractivity contribution >= 4 is 22.9 Å². The molecular formula is C14H22N2OS. The lowest BCUT2D eigenvalue weighted by atomic mass is 10.0. The van der Waals surface area contributed by atoms with Crippen LogP contribution in [0.4, 0.5) is 5.69 Å². The highest BCUT2D eigenvalue weighted by Gasteiger charge is 2.64. The number of carbonyl (C=O) groups is 1. The fraction of sp³-hybridized carbons (Fsp3) is 0.643. The van der Waals surface area contributed by atoms with Crippen LogP contribution in [0, 0.1) is 23.7 Å². The predicted octanol–water partition coefficient (Wildman–Crippen LogP) is 3.05. The van der Waals surface area contributed by atoms with Crippen molar-refractivity contribution in [2.75, 3.05) is 12.3 Å². The van der Waals surface area contributed by atoms with E-state index >= 15 is 0 Å². The van der Waals surface area contributed by atoms with E-state index in [0.717, 1.165) is 11.4 Å². The molecule has 0 atom stereocenters. The molecule has 3 nitrogen and oxygen atoms in total. The van der Waals surface area contributed by atoms with Crippen LogP contribution in [0.5, 0.6) is 0 Å². The topological polar surface area (TPSA) is 55.1 Å². The Morgan fingerprint density at radius 3 is 2.33 bits per heavy atom. The SMILES string of the molecule is Cc1sc(C(=O)NCC2C(C)(C)C2(C)C)cc1N. The van der Waals surface area contributed by atoms with Gasteiger partial charge in [0.05, 0.1) is 4.88 Å². The Bertz CT molecular complexity index is 454. The number of anilines is 1. The maximum Gasteiger partial charge on any atom is 0.261 e. The van der Waals surface area contributed by atoms with Crippen LogP contribution >= 0.6 is 11.3 Å². The number of thiophene rings is 1. The molecule has 1 aromatic rings. The Labute approximate surface area is 113 Å². The zero-order valence-corrected chi connectivity index (χ0v) is 12.6. The monoisotopic (exact) mass is 266 g/mol. The lowest BCUT2D eigenvalue weighted by Gasteiger charge is -2.04. The molecular weight excluding hydrogens is 244 g/mol. The predicted molar refractivity (Wildman–Crippen MR) is 76.9 cm³/mol. The van der Waals surface area contributed by atoms with E-state index in [0.29, 0.717) is 27.3 Å². The number of nitrogens with two attached hydrogens (primary N) is 1. The first-order valence-corrected chi connectivity index (χ1v) is 7.13. The van der Waals surface area contributed by atoms with E-state index in [9.17, 15) is 4.79 Å². The Balaban J connectivity index is 1.94. The van der Waals surface area contributed by atoms with E-state index < -0.39 is 0 Å². The third-order valence-corrected chi connectivity index (χ3v) is 6.03. The summed E-state index contributed by atoms with van der Waals surface area (Å²) >= 11 is 1.46. The van der Waals surface area contributed by atoms with Gasteiger partial charge in [-0.25, -0.2) is 0 Å². The second-order valence-corrected chi connectivity index (χ2v) is 7.58. The smallest absolute Gasteiger partial charge is 0.261 e. The number of nitrogens with one attached hydrogen (secondary N) is 1. The third-order valence-electron chi connectivity index (χ3n) is 4.97. The minimum Gasteiger partial charge on any atom is -0.398 e. The van der Waals surface area contributed by atoms with E-state index in [4.69, 9.17) is 5.73 Å². The fourth-order valence-corrected chi connectivity index (χ4v) is 3.59. The van der Waals surface area contributed by atoms with E-state index in [1.54, 1.807) is 6.07 Å². The number of nitrogen functional groups attached to an aromatic ring is 1. The summed E-state index contributed by atoms with van der Waals surface area (Å²) in [7, 11) is 0. The molecule has 0 unspecified atom stereocenters. The summed E-state index contributed by atoms with van der Waals surface area (Å²) in [6.45, 7) is 11.7. The minimum absolute atomic E-state index is 0.00157. The highest BCUT2D eigenvalue weighted by atomic mass is 32.1. The Hall–Kier alpha value is -1.03. The number of hydrogen-bond donors (Lipinski definition) is 2. The summed E-state index contributed by atoms with van der Waals surface area (Å²) in [5.74, 6) is 0.547. The highest BCUT2D eigenvalue weighted by Crippen LogP contribution is 2.67. The molecule has 1 fully saturated rings. The summed E-state index contributed by atoms with van der Waals surface area (Å²) in [6, 6.07) is 1.76. The quantitative estimate of drug-likeness (QED) is 0.883. The summed E-state index contributed by atoms with van der Waals surface area (Å²) in [4.78, 5) is 13.7. The number of carbonyl (C=O) groups excluding carboxylic acids is 1. The zero-order valence-electron chi connectivity index (χ0n) is 11.8. The van der Waals surface area contributed by atoms with Crippen molar-refractivity contribution in [3.05, 3.63) is 15.8 Å². The average molecular weight is 266 g/mol. The first-order chi connectivity index (χ1) is 8.18. The Morgan fingerprint density at radius 2 is 1.94 bits per heavy atom. The van der Waals surface area contributed by atoms with Gasteiger partial charge < -0.3 is 11.1 Å². The molecule has 3 N–H and O–H groups in total. The van der Waals surface area contributed by atoms with Crippen LogP contribution in [0.25, 0.3) is 0 Å². The molecule has 0 spiro atoms. The fourth-order valence-electron chi connectivity index (χ4n) is 2.73. The molecule has 0 aliphatic heterocycles. The molecule has 18 heavy (non-hydrogen) atoms. The summed E-state index contributed by atoms with van der Waals surface area (Å²) in [5.41, 5.74) is 7.09. The Kier molecular flexibility index (Phi) is 2.97. The van der Waals surface area contributed by atoms with Gasteiger partial charge in [0.25, 0.3) is 5.91 Å². The molecule has 1 aromatic heterocycles. The maximum absolute atomic E-state index is 12.0. The first kappa shape index (κ1) is 13.4. The van der Waals surface area contributed by atoms with Gasteiger partial charge in [0, 0.05) is 17.1 Å². The van der Waals surface area contributed by atoms with Crippen LogP contribution in [0.2, 0.25) is 0 Å². The third kappa shape index (κ3) is 1.92. The number of aryl methyl sites for hydroxylation is 1. The average Bonchev–Trinajstić information content (AvgIpc) is 2.55. The van der Waals surface area contributed by atoms with Crippen LogP contribution in [0.15, 0.2) is 6.07 Å². The number of hydrogen-bond acceptors (Lipinski definition) is 3. The Morgan fingerprint density at radius 1 is 1.39 bits per heavy atom. The molecule has 1 aliphatic rings. The minimum atomic E-state index is -0.00157. The van der Waals surface area contributed by atoms with Crippen molar-refractivity contribution in [2.45, 2.75) is 34.6 Å². The molecule has 1 saturated carbocycles. The van der Waals surface area contributed by atoms with Crippen molar-refractivity contribution in [3.8, 4) is 0 Å². The van der Waals surface area contributed by atoms with Gasteiger partial charge in [0.2, 0.25) is 0 Å². The van der Waals surface area contributed by atoms with Gasteiger partial charge in [-0.3, -0.25) is 4.79 Å². The van der Waals surface area contributed by atoms with Crippen LogP contribution in [0.3, 0.4) is 0 Å². The molecule has 1 amide bonds. The normalized spacial score (nSPS) is 20.7. The molecule has 0 aromatic carbocycles. The van der Waals surface area contributed by atoms with Crippen LogP contribution < -0.4 is 11.1 Å². The van der Waals surface area contributed by atoms with Crippen LogP contribution in [0.1, 0.15) is 42.2 Å². The van der Waals surface area contributed by atoms with Crippen LogP contribution in [-0.4, -0.2) is 12.5 Å². The zero-order chi connectivity index (χ0) is 13.7. The number of amides is 1. The lowest BCUT2D eigenvalue weighted by molar-refractivity contribution is 0.0954. The van der Waals surface area contributed by atoms with E-state index in [1.165, 1.54) is 11.3 Å². The van der Waals surface area contributed by atoms with Gasteiger partial charge in [-0.2, -0.15) is 0 Å². The molecule has 0 radical (unpaired) electrons. The van der Waals surface area contributed by atoms with Gasteiger partial charge >= 0.3 is 0 Å². The molecule has 4 heteroatoms. The standard InChI is InChI=1S/C14H22N2OS/c1-8-9(15)6-10(18-8)12(17)16-7-11-13(2,3)14(11,4)5/h6,11H,7,15H2,1-5H3,(H,16,17). The largest absolute Gasteiger partial charge is 0.398 e. The van der Waals surface area contributed by atoms with Crippen LogP contribution in [-0.2, 0) is 0 Å². The van der Waals surface area contributed by atoms with Gasteiger partial charge in [-0.05, 0) is 29.7 Å². The summed E-state index contributed by atoms with van der Waals surface area (Å²) in [6.07, 6.45) is 0. The van der Waals surface area contributed by atoms with Crippen molar-refractivity contribution < 1.29 is 4.79 Å². The second kappa shape index (κ2) is 3.98. The molecule has 0 bridgehead atoms. The summed E-state index contributed by atoms with van der Waals surface area (Å²) in [5, 5.41) is 3.03. The van der Waals surface area contributed by atoms with Gasteiger partial charge in [0.15, 0.2) is 0 Å². The lowest BCUT2D eigenvalue weighted by Crippen LogP contribution is -2.26. The van der Waals surface area contributed by atoms with Gasteiger partial charge in [-0.1, -0.05) is 27.7 Å². The second-order valence-electron chi connectivity index (χ2n) is 6.33. The van der Waals surface area contributed by atoms with Gasteiger partial charge in [0.1, 0.15) is 0 Å². The molecule has 100 valence electrons. The number of rotatable bonds is 3. The molecule has 1 heterocycles. The molecule has 0 saturated heterocycles. The summed E-state index contributed by atoms with van der Waals surface area (Å²) < 4.78 is 0.